The molecule has 2 fully saturated rings. The molecule has 1 aromatic heterocycles. The molecule has 4 aromatic rings. The fraction of sp³-hybridized carbons (Fsp3) is 0.382. The molecule has 3 aliphatic heterocycles. The third-order valence-corrected chi connectivity index (χ3v) is 13.9. The van der Waals surface area contributed by atoms with Crippen molar-refractivity contribution in [1.29, 1.82) is 0 Å². The van der Waals surface area contributed by atoms with Crippen LogP contribution in [0.25, 0.3) is 22.0 Å². The molecule has 7 rings (SSSR count). The van der Waals surface area contributed by atoms with Gasteiger partial charge in [-0.2, -0.15) is 0 Å². The van der Waals surface area contributed by atoms with Crippen LogP contribution >= 0.6 is 0 Å². The van der Waals surface area contributed by atoms with Gasteiger partial charge in [-0.3, -0.25) is 0 Å². The number of hydrogen-bond donors (Lipinski definition) is 3. The standard InChI is InChI=1S/C34H36FIN5O5S/c1-3-24-29(41-47(43,44)31-16-21(27-8-11-36-27)15-25-30(46-19(2)42)18-45-33(25)31)7-5-26(35)32(24)20-4-6-28-22(14-20)17-38-34(40-28)39-23-9-12-37-13-10-23/h4-7,14-17,23,27,30,37,41H,3,8-13,18H2,1-2H3,(H,38,39,40)/q-1/t27?,30-/m1/s1. The van der Waals surface area contributed by atoms with Crippen molar-refractivity contribution in [3.05, 3.63) is 71.2 Å². The van der Waals surface area contributed by atoms with E-state index in [-0.39, 0.29) is 44.1 Å². The Hall–Kier alpha value is -3.56. The molecule has 47 heavy (non-hydrogen) atoms. The number of nitrogens with one attached hydrogen (secondary N) is 3. The van der Waals surface area contributed by atoms with Gasteiger partial charge in [0.25, 0.3) is 0 Å². The zero-order valence-electron chi connectivity index (χ0n) is 26.1. The monoisotopic (exact) mass is 772 g/mol. The molecule has 3 aromatic carbocycles. The molecule has 0 aliphatic carbocycles. The SMILES string of the molecule is CCc1c(NS(=O)(=O)c2cc(C3CC[I-]3)cc3c2OC[C@H]3OC(C)=O)ccc(F)c1-c1ccc2nc(NC3CCNCC3)ncc2c1. The van der Waals surface area contributed by atoms with Crippen molar-refractivity contribution in [3.8, 4) is 16.9 Å². The van der Waals surface area contributed by atoms with Gasteiger partial charge in [-0.25, -0.2) is 9.97 Å². The second-order valence-electron chi connectivity index (χ2n) is 12.0. The number of benzene rings is 3. The molecular weight excluding hydrogens is 736 g/mol. The van der Waals surface area contributed by atoms with Crippen LogP contribution in [0.5, 0.6) is 5.75 Å². The van der Waals surface area contributed by atoms with Crippen LogP contribution in [0.1, 0.15) is 59.8 Å². The van der Waals surface area contributed by atoms with Gasteiger partial charge in [-0.15, -0.1) is 0 Å². The first-order chi connectivity index (χ1) is 22.7. The summed E-state index contributed by atoms with van der Waals surface area (Å²) in [7, 11) is -4.18. The molecule has 0 radical (unpaired) electrons. The van der Waals surface area contributed by atoms with Crippen LogP contribution in [0.15, 0.2) is 53.6 Å². The Morgan fingerprint density at radius 2 is 1.96 bits per heavy atom. The molecule has 248 valence electrons. The van der Waals surface area contributed by atoms with Crippen LogP contribution in [0.3, 0.4) is 0 Å². The fourth-order valence-electron chi connectivity index (χ4n) is 6.44. The quantitative estimate of drug-likeness (QED) is 0.134. The number of hydrogen-bond acceptors (Lipinski definition) is 9. The molecule has 0 spiro atoms. The van der Waals surface area contributed by atoms with Crippen LogP contribution in [-0.4, -0.2) is 54.5 Å². The zero-order chi connectivity index (χ0) is 32.7. The number of fused-ring (bicyclic) bond motifs is 2. The van der Waals surface area contributed by atoms with Crippen molar-refractivity contribution in [2.75, 3.05) is 34.2 Å². The van der Waals surface area contributed by atoms with Gasteiger partial charge < -0.3 is 10.6 Å². The summed E-state index contributed by atoms with van der Waals surface area (Å²) < 4.78 is 59.4. The number of carbonyl (C=O) groups is 1. The molecule has 0 bridgehead atoms. The number of piperidine rings is 1. The Bertz CT molecular complexity index is 1970. The second-order valence-corrected chi connectivity index (χ2v) is 17.1. The van der Waals surface area contributed by atoms with E-state index < -0.39 is 27.9 Å². The summed E-state index contributed by atoms with van der Waals surface area (Å²) in [6.45, 7) is 5.14. The minimum absolute atomic E-state index is 0.000227. The maximum atomic E-state index is 15.6. The van der Waals surface area contributed by atoms with Crippen LogP contribution in [0.2, 0.25) is 0 Å². The maximum absolute atomic E-state index is 15.6. The van der Waals surface area contributed by atoms with Gasteiger partial charge in [-0.05, 0) is 25.9 Å². The number of esters is 1. The molecule has 0 amide bonds. The van der Waals surface area contributed by atoms with Gasteiger partial charge in [0.05, 0.1) is 5.52 Å². The second kappa shape index (κ2) is 13.2. The van der Waals surface area contributed by atoms with Gasteiger partial charge in [-0.1, -0.05) is 0 Å². The van der Waals surface area contributed by atoms with Crippen LogP contribution < -0.4 is 41.3 Å². The summed E-state index contributed by atoms with van der Waals surface area (Å²) in [6, 6.07) is 12.2. The predicted octanol–water partition coefficient (Wildman–Crippen LogP) is 2.49. The first-order valence-electron chi connectivity index (χ1n) is 15.8. The number of carbonyl (C=O) groups excluding carboxylic acids is 1. The van der Waals surface area contributed by atoms with Gasteiger partial charge in [0, 0.05) is 12.2 Å². The van der Waals surface area contributed by atoms with Crippen molar-refractivity contribution in [2.45, 2.75) is 60.5 Å². The van der Waals surface area contributed by atoms with Crippen molar-refractivity contribution >= 4 is 38.5 Å². The average molecular weight is 773 g/mol. The fourth-order valence-corrected chi connectivity index (χ4v) is 9.86. The molecule has 13 heteroatoms. The Morgan fingerprint density at radius 1 is 1.15 bits per heavy atom. The van der Waals surface area contributed by atoms with Crippen molar-refractivity contribution < 1.29 is 48.3 Å². The van der Waals surface area contributed by atoms with E-state index in [4.69, 9.17) is 9.47 Å². The van der Waals surface area contributed by atoms with E-state index in [1.54, 1.807) is 18.3 Å². The normalized spacial score (nSPS) is 19.6. The predicted molar refractivity (Wildman–Crippen MR) is 173 cm³/mol. The summed E-state index contributed by atoms with van der Waals surface area (Å²) in [5, 5.41) is 7.51. The van der Waals surface area contributed by atoms with Crippen molar-refractivity contribution in [1.82, 2.24) is 15.3 Å². The molecule has 3 aliphatic rings. The van der Waals surface area contributed by atoms with Gasteiger partial charge in [0.2, 0.25) is 5.95 Å². The number of aromatic nitrogens is 2. The summed E-state index contributed by atoms with van der Waals surface area (Å²) in [5.74, 6) is -0.170. The van der Waals surface area contributed by atoms with Crippen LogP contribution in [0, 0.1) is 5.82 Å². The number of alkyl halides is 2. The van der Waals surface area contributed by atoms with Gasteiger partial charge in [0.15, 0.2) is 0 Å². The molecule has 0 saturated carbocycles. The Labute approximate surface area is 283 Å². The molecule has 10 nitrogen and oxygen atoms in total. The molecule has 2 saturated heterocycles. The first kappa shape index (κ1) is 32.0. The Kier molecular flexibility index (Phi) is 8.96. The van der Waals surface area contributed by atoms with E-state index >= 15 is 4.39 Å². The van der Waals surface area contributed by atoms with E-state index in [2.05, 4.69) is 25.3 Å². The Morgan fingerprint density at radius 3 is 2.68 bits per heavy atom. The van der Waals surface area contributed by atoms with E-state index in [1.807, 2.05) is 25.1 Å². The molecule has 2 atom stereocenters. The third-order valence-electron chi connectivity index (χ3n) is 8.85. The number of sulfonamides is 1. The molecule has 1 unspecified atom stereocenters. The minimum atomic E-state index is -4.18. The van der Waals surface area contributed by atoms with Gasteiger partial charge in [0.1, 0.15) is 0 Å². The third kappa shape index (κ3) is 6.49. The van der Waals surface area contributed by atoms with Crippen molar-refractivity contribution in [2.24, 2.45) is 0 Å². The zero-order valence-corrected chi connectivity index (χ0v) is 29.1. The van der Waals surface area contributed by atoms with Gasteiger partial charge >= 0.3 is 215 Å². The molecule has 4 heterocycles. The summed E-state index contributed by atoms with van der Waals surface area (Å²) >= 11 is -0.0738. The number of halogens is 2. The number of rotatable bonds is 9. The number of nitrogens with zero attached hydrogens (tertiary/aromatic N) is 2. The van der Waals surface area contributed by atoms with Crippen LogP contribution in [-0.2, 0) is 26.0 Å². The summed E-state index contributed by atoms with van der Waals surface area (Å²) in [6.07, 6.45) is 4.42. The van der Waals surface area contributed by atoms with E-state index in [1.165, 1.54) is 23.5 Å². The van der Waals surface area contributed by atoms with E-state index in [0.29, 0.717) is 44.6 Å². The Balaban J connectivity index is 1.22. The van der Waals surface area contributed by atoms with Crippen molar-refractivity contribution in [3.63, 3.8) is 0 Å². The van der Waals surface area contributed by atoms with Crippen LogP contribution in [0.4, 0.5) is 16.0 Å². The summed E-state index contributed by atoms with van der Waals surface area (Å²) in [5.41, 5.74) is 3.94. The van der Waals surface area contributed by atoms with E-state index in [9.17, 15) is 13.2 Å². The number of ether oxygens (including phenoxy) is 2. The average Bonchev–Trinajstić information content (AvgIpc) is 3.42. The molecular formula is C34H36FIN5O5S-. The molecule has 3 N–H and O–H groups in total. The topological polar surface area (TPSA) is 132 Å². The first-order valence-corrected chi connectivity index (χ1v) is 20.1. The summed E-state index contributed by atoms with van der Waals surface area (Å²) in [4.78, 5) is 21.0. The van der Waals surface area contributed by atoms with E-state index in [0.717, 1.165) is 48.8 Å². The number of anilines is 2.